The van der Waals surface area contributed by atoms with E-state index in [4.69, 9.17) is 0 Å². The van der Waals surface area contributed by atoms with Crippen LogP contribution in [-0.4, -0.2) is 49.9 Å². The standard InChI is InChI=1S/C18H19N3O5S/c1-26-18(23)12-3-2-4-14(9-12)20-16-6-5-13(10-19-16)17(22)21-15-7-8-27(24,25)11-15/h2-6,9-10,15H,7-8,11H2,1H3,(H,19,20)(H,21,22). The number of methoxy groups -OCH3 is 1. The zero-order valence-electron chi connectivity index (χ0n) is 14.6. The number of benzene rings is 1. The van der Waals surface area contributed by atoms with Gasteiger partial charge in [0.1, 0.15) is 5.82 Å². The van der Waals surface area contributed by atoms with Gasteiger partial charge in [-0.2, -0.15) is 0 Å². The van der Waals surface area contributed by atoms with Crippen LogP contribution in [0.5, 0.6) is 0 Å². The largest absolute Gasteiger partial charge is 0.465 e. The van der Waals surface area contributed by atoms with E-state index in [1.54, 1.807) is 36.4 Å². The van der Waals surface area contributed by atoms with E-state index < -0.39 is 15.8 Å². The van der Waals surface area contributed by atoms with Gasteiger partial charge in [0, 0.05) is 17.9 Å². The molecule has 1 aliphatic heterocycles. The number of nitrogens with zero attached hydrogens (tertiary/aromatic N) is 1. The average Bonchev–Trinajstić information content (AvgIpc) is 3.00. The summed E-state index contributed by atoms with van der Waals surface area (Å²) in [6.07, 6.45) is 1.84. The highest BCUT2D eigenvalue weighted by Crippen LogP contribution is 2.17. The van der Waals surface area contributed by atoms with Crippen LogP contribution >= 0.6 is 0 Å². The number of carbonyl (C=O) groups excluding carboxylic acids is 2. The number of hydrogen-bond acceptors (Lipinski definition) is 7. The topological polar surface area (TPSA) is 114 Å². The lowest BCUT2D eigenvalue weighted by Gasteiger charge is -2.11. The van der Waals surface area contributed by atoms with E-state index in [0.717, 1.165) is 0 Å². The highest BCUT2D eigenvalue weighted by Gasteiger charge is 2.29. The minimum absolute atomic E-state index is 0.0255. The lowest BCUT2D eigenvalue weighted by Crippen LogP contribution is -2.35. The third-order valence-corrected chi connectivity index (χ3v) is 5.92. The molecular formula is C18H19N3O5S. The van der Waals surface area contributed by atoms with E-state index in [1.165, 1.54) is 13.3 Å². The number of carbonyl (C=O) groups is 2. The summed E-state index contributed by atoms with van der Waals surface area (Å²) in [6.45, 7) is 0. The molecule has 1 amide bonds. The van der Waals surface area contributed by atoms with E-state index >= 15 is 0 Å². The SMILES string of the molecule is COC(=O)c1cccc(Nc2ccc(C(=O)NC3CCS(=O)(=O)C3)cn2)c1. The number of nitrogens with one attached hydrogen (secondary N) is 2. The molecule has 0 saturated carbocycles. The molecule has 142 valence electrons. The minimum Gasteiger partial charge on any atom is -0.465 e. The summed E-state index contributed by atoms with van der Waals surface area (Å²) >= 11 is 0. The molecule has 1 unspecified atom stereocenters. The van der Waals surface area contributed by atoms with Crippen molar-refractivity contribution in [2.75, 3.05) is 23.9 Å². The van der Waals surface area contributed by atoms with E-state index in [-0.39, 0.29) is 23.5 Å². The molecule has 1 fully saturated rings. The van der Waals surface area contributed by atoms with Crippen LogP contribution in [0.25, 0.3) is 0 Å². The Morgan fingerprint density at radius 2 is 2.00 bits per heavy atom. The number of pyridine rings is 1. The van der Waals surface area contributed by atoms with E-state index in [2.05, 4.69) is 20.4 Å². The molecule has 2 aromatic rings. The molecular weight excluding hydrogens is 370 g/mol. The molecule has 2 N–H and O–H groups in total. The van der Waals surface area contributed by atoms with Crippen molar-refractivity contribution < 1.29 is 22.7 Å². The van der Waals surface area contributed by atoms with Gasteiger partial charge >= 0.3 is 5.97 Å². The number of esters is 1. The third-order valence-electron chi connectivity index (χ3n) is 4.15. The average molecular weight is 389 g/mol. The number of aromatic nitrogens is 1. The summed E-state index contributed by atoms with van der Waals surface area (Å²) in [5, 5.41) is 5.76. The Labute approximate surface area is 156 Å². The molecule has 3 rings (SSSR count). The Morgan fingerprint density at radius 1 is 1.19 bits per heavy atom. The van der Waals surface area contributed by atoms with Crippen LogP contribution in [0, 0.1) is 0 Å². The first-order valence-electron chi connectivity index (χ1n) is 8.29. The summed E-state index contributed by atoms with van der Waals surface area (Å²) in [4.78, 5) is 28.0. The van der Waals surface area contributed by atoms with Crippen molar-refractivity contribution in [3.63, 3.8) is 0 Å². The number of hydrogen-bond donors (Lipinski definition) is 2. The van der Waals surface area contributed by atoms with Crippen molar-refractivity contribution in [1.29, 1.82) is 0 Å². The normalized spacial score (nSPS) is 17.9. The van der Waals surface area contributed by atoms with E-state index in [1.807, 2.05) is 0 Å². The van der Waals surface area contributed by atoms with E-state index in [9.17, 15) is 18.0 Å². The number of anilines is 2. The predicted octanol–water partition coefficient (Wildman–Crippen LogP) is 1.53. The number of rotatable bonds is 5. The Balaban J connectivity index is 1.63. The highest BCUT2D eigenvalue weighted by atomic mass is 32.2. The van der Waals surface area contributed by atoms with Crippen LogP contribution in [0.2, 0.25) is 0 Å². The van der Waals surface area contributed by atoms with Crippen molar-refractivity contribution in [2.24, 2.45) is 0 Å². The van der Waals surface area contributed by atoms with Crippen LogP contribution < -0.4 is 10.6 Å². The zero-order valence-corrected chi connectivity index (χ0v) is 15.5. The van der Waals surface area contributed by atoms with Crippen LogP contribution in [-0.2, 0) is 14.6 Å². The quantitative estimate of drug-likeness (QED) is 0.745. The smallest absolute Gasteiger partial charge is 0.337 e. The molecule has 1 aliphatic rings. The van der Waals surface area contributed by atoms with Gasteiger partial charge in [0.2, 0.25) is 0 Å². The maximum atomic E-state index is 12.2. The Hall–Kier alpha value is -2.94. The lowest BCUT2D eigenvalue weighted by atomic mass is 10.2. The summed E-state index contributed by atoms with van der Waals surface area (Å²) in [5.41, 5.74) is 1.40. The molecule has 9 heteroatoms. The fourth-order valence-electron chi connectivity index (χ4n) is 2.77. The van der Waals surface area contributed by atoms with Crippen molar-refractivity contribution in [3.05, 3.63) is 53.7 Å². The van der Waals surface area contributed by atoms with Gasteiger partial charge in [-0.05, 0) is 36.8 Å². The van der Waals surface area contributed by atoms with Gasteiger partial charge in [-0.1, -0.05) is 6.07 Å². The second kappa shape index (κ2) is 7.75. The summed E-state index contributed by atoms with van der Waals surface area (Å²) in [7, 11) is -1.74. The number of sulfone groups is 1. The number of amides is 1. The molecule has 0 radical (unpaired) electrons. The van der Waals surface area contributed by atoms with Crippen molar-refractivity contribution >= 4 is 33.2 Å². The van der Waals surface area contributed by atoms with Crippen molar-refractivity contribution in [1.82, 2.24) is 10.3 Å². The maximum Gasteiger partial charge on any atom is 0.337 e. The molecule has 8 nitrogen and oxygen atoms in total. The second-order valence-electron chi connectivity index (χ2n) is 6.20. The van der Waals surface area contributed by atoms with Gasteiger partial charge in [-0.25, -0.2) is 18.2 Å². The lowest BCUT2D eigenvalue weighted by molar-refractivity contribution is 0.0600. The van der Waals surface area contributed by atoms with Crippen molar-refractivity contribution in [2.45, 2.75) is 12.5 Å². The number of ether oxygens (including phenoxy) is 1. The molecule has 0 bridgehead atoms. The first-order valence-corrected chi connectivity index (χ1v) is 10.1. The van der Waals surface area contributed by atoms with Gasteiger partial charge < -0.3 is 15.4 Å². The first kappa shape index (κ1) is 18.8. The Morgan fingerprint density at radius 3 is 2.63 bits per heavy atom. The van der Waals surface area contributed by atoms with Gasteiger partial charge in [0.25, 0.3) is 5.91 Å². The zero-order chi connectivity index (χ0) is 19.4. The van der Waals surface area contributed by atoms with E-state index in [0.29, 0.717) is 29.1 Å². The van der Waals surface area contributed by atoms with Gasteiger partial charge in [-0.15, -0.1) is 0 Å². The van der Waals surface area contributed by atoms with Gasteiger partial charge in [-0.3, -0.25) is 4.79 Å². The molecule has 0 spiro atoms. The molecule has 2 heterocycles. The van der Waals surface area contributed by atoms with Gasteiger partial charge in [0.15, 0.2) is 9.84 Å². The summed E-state index contributed by atoms with van der Waals surface area (Å²) < 4.78 is 27.6. The van der Waals surface area contributed by atoms with Crippen LogP contribution in [0.1, 0.15) is 27.1 Å². The fraction of sp³-hybridized carbons (Fsp3) is 0.278. The van der Waals surface area contributed by atoms with Crippen LogP contribution in [0.4, 0.5) is 11.5 Å². The van der Waals surface area contributed by atoms with Gasteiger partial charge in [0.05, 0.1) is 29.7 Å². The molecule has 0 aliphatic carbocycles. The van der Waals surface area contributed by atoms with Crippen LogP contribution in [0.3, 0.4) is 0 Å². The minimum atomic E-state index is -3.05. The molecule has 1 aromatic heterocycles. The fourth-order valence-corrected chi connectivity index (χ4v) is 4.44. The van der Waals surface area contributed by atoms with Crippen LogP contribution in [0.15, 0.2) is 42.6 Å². The highest BCUT2D eigenvalue weighted by molar-refractivity contribution is 7.91. The molecule has 1 saturated heterocycles. The molecule has 1 atom stereocenters. The predicted molar refractivity (Wildman–Crippen MR) is 99.8 cm³/mol. The summed E-state index contributed by atoms with van der Waals surface area (Å²) in [5.74, 6) is -0.222. The Bertz CT molecular complexity index is 957. The molecule has 1 aromatic carbocycles. The van der Waals surface area contributed by atoms with Crippen molar-refractivity contribution in [3.8, 4) is 0 Å². The first-order chi connectivity index (χ1) is 12.9. The second-order valence-corrected chi connectivity index (χ2v) is 8.43. The monoisotopic (exact) mass is 389 g/mol. The third kappa shape index (κ3) is 4.82. The maximum absolute atomic E-state index is 12.2. The molecule has 27 heavy (non-hydrogen) atoms. The Kier molecular flexibility index (Phi) is 5.41. The summed E-state index contributed by atoms with van der Waals surface area (Å²) in [6, 6.07) is 9.63.